The smallest absolute Gasteiger partial charge is 0.260 e. The lowest BCUT2D eigenvalue weighted by Gasteiger charge is -2.29. The topological polar surface area (TPSA) is 68.2 Å². The van der Waals surface area contributed by atoms with Gasteiger partial charge in [-0.05, 0) is 44.2 Å². The minimum absolute atomic E-state index is 0. The Morgan fingerprint density at radius 3 is 2.46 bits per heavy atom. The number of nitrogens with two attached hydrogens (primary N) is 1. The van der Waals surface area contributed by atoms with Crippen LogP contribution in [0.4, 0.5) is 5.69 Å². The van der Waals surface area contributed by atoms with E-state index in [-0.39, 0.29) is 12.4 Å². The van der Waals surface area contributed by atoms with Gasteiger partial charge in [-0.2, -0.15) is 4.98 Å². The molecule has 2 N–H and O–H groups in total. The number of nitrogens with zero attached hydrogens (tertiary/aromatic N) is 3. The molecular weight excluding hydrogens is 324 g/mol. The van der Waals surface area contributed by atoms with Crippen molar-refractivity contribution >= 4 is 18.1 Å². The molecule has 2 aliphatic rings. The van der Waals surface area contributed by atoms with Crippen molar-refractivity contribution < 1.29 is 4.52 Å². The Balaban J connectivity index is 0.00000169. The molecule has 6 heteroatoms. The Morgan fingerprint density at radius 1 is 1.00 bits per heavy atom. The van der Waals surface area contributed by atoms with E-state index in [0.29, 0.717) is 11.7 Å². The number of hydrogen-bond donors (Lipinski definition) is 1. The largest absolute Gasteiger partial charge is 0.371 e. The highest BCUT2D eigenvalue weighted by Crippen LogP contribution is 2.37. The van der Waals surface area contributed by atoms with Crippen LogP contribution in [0.3, 0.4) is 0 Å². The van der Waals surface area contributed by atoms with Gasteiger partial charge in [0.1, 0.15) is 0 Å². The molecule has 0 bridgehead atoms. The molecule has 0 amide bonds. The number of halogens is 1. The van der Waals surface area contributed by atoms with E-state index in [0.717, 1.165) is 44.3 Å². The normalized spacial score (nSPS) is 20.0. The van der Waals surface area contributed by atoms with E-state index in [1.807, 2.05) is 6.07 Å². The number of benzene rings is 1. The summed E-state index contributed by atoms with van der Waals surface area (Å²) in [4.78, 5) is 7.09. The van der Waals surface area contributed by atoms with Crippen molar-refractivity contribution in [1.82, 2.24) is 10.1 Å². The van der Waals surface area contributed by atoms with E-state index in [4.69, 9.17) is 10.3 Å². The maximum atomic E-state index is 6.46. The van der Waals surface area contributed by atoms with Crippen molar-refractivity contribution in [2.24, 2.45) is 5.73 Å². The predicted octanol–water partition coefficient (Wildman–Crippen LogP) is 3.88. The van der Waals surface area contributed by atoms with Crippen LogP contribution in [0.2, 0.25) is 0 Å². The van der Waals surface area contributed by atoms with Gasteiger partial charge in [-0.25, -0.2) is 0 Å². The molecule has 24 heavy (non-hydrogen) atoms. The van der Waals surface area contributed by atoms with Gasteiger partial charge in [0.25, 0.3) is 5.89 Å². The minimum Gasteiger partial charge on any atom is -0.371 e. The average molecular weight is 349 g/mol. The summed E-state index contributed by atoms with van der Waals surface area (Å²) in [5, 5.41) is 4.20. The number of hydrogen-bond acceptors (Lipinski definition) is 5. The number of para-hydroxylation sites is 1. The number of aromatic nitrogens is 2. The Hall–Kier alpha value is -1.59. The molecule has 0 radical (unpaired) electrons. The first-order valence-electron chi connectivity index (χ1n) is 8.74. The first kappa shape index (κ1) is 17.2. The van der Waals surface area contributed by atoms with Crippen LogP contribution in [-0.4, -0.2) is 23.2 Å². The molecule has 1 aromatic heterocycles. The van der Waals surface area contributed by atoms with Crippen LogP contribution < -0.4 is 10.6 Å². The highest BCUT2D eigenvalue weighted by Gasteiger charge is 2.36. The number of rotatable bonds is 3. The summed E-state index contributed by atoms with van der Waals surface area (Å²) in [6.45, 7) is 2.19. The molecule has 1 saturated carbocycles. The summed E-state index contributed by atoms with van der Waals surface area (Å²) in [6.07, 6.45) is 7.98. The summed E-state index contributed by atoms with van der Waals surface area (Å²) < 4.78 is 5.59. The Kier molecular flexibility index (Phi) is 5.11. The molecule has 1 aliphatic heterocycles. The molecular formula is C18H25ClN4O. The van der Waals surface area contributed by atoms with Gasteiger partial charge in [0.15, 0.2) is 5.82 Å². The Morgan fingerprint density at radius 2 is 1.71 bits per heavy atom. The van der Waals surface area contributed by atoms with Gasteiger partial charge in [-0.1, -0.05) is 30.1 Å². The molecule has 1 saturated heterocycles. The molecule has 130 valence electrons. The van der Waals surface area contributed by atoms with E-state index >= 15 is 0 Å². The highest BCUT2D eigenvalue weighted by atomic mass is 35.5. The lowest BCUT2D eigenvalue weighted by Crippen LogP contribution is -2.34. The second-order valence-electron chi connectivity index (χ2n) is 6.85. The summed E-state index contributed by atoms with van der Waals surface area (Å²) >= 11 is 0. The standard InChI is InChI=1S/C18H24N4O.ClH/c19-18(10-4-5-11-18)17-20-16(23-21-17)14-8-2-3-9-15(14)22-12-6-1-7-13-22;/h2-3,8-9H,1,4-7,10-13,19H2;1H. The van der Waals surface area contributed by atoms with Crippen molar-refractivity contribution in [1.29, 1.82) is 0 Å². The first-order chi connectivity index (χ1) is 11.3. The fraction of sp³-hybridized carbons (Fsp3) is 0.556. The van der Waals surface area contributed by atoms with Crippen LogP contribution in [0.25, 0.3) is 11.5 Å². The van der Waals surface area contributed by atoms with Gasteiger partial charge in [0.05, 0.1) is 11.1 Å². The second kappa shape index (κ2) is 7.11. The zero-order valence-electron chi connectivity index (χ0n) is 13.9. The van der Waals surface area contributed by atoms with E-state index in [9.17, 15) is 0 Å². The summed E-state index contributed by atoms with van der Waals surface area (Å²) in [7, 11) is 0. The SMILES string of the molecule is Cl.NC1(c2noc(-c3ccccc3N3CCCCC3)n2)CCCC1. The van der Waals surface area contributed by atoms with Crippen LogP contribution in [0, 0.1) is 0 Å². The Bertz CT molecular complexity index is 675. The fourth-order valence-corrected chi connectivity index (χ4v) is 3.83. The molecule has 0 atom stereocenters. The van der Waals surface area contributed by atoms with Gasteiger partial charge >= 0.3 is 0 Å². The van der Waals surface area contributed by atoms with Crippen LogP contribution in [0.5, 0.6) is 0 Å². The highest BCUT2D eigenvalue weighted by molar-refractivity contribution is 5.85. The lowest BCUT2D eigenvalue weighted by molar-refractivity contribution is 0.372. The Labute approximate surface area is 149 Å². The maximum absolute atomic E-state index is 6.46. The quantitative estimate of drug-likeness (QED) is 0.911. The zero-order valence-corrected chi connectivity index (χ0v) is 14.7. The van der Waals surface area contributed by atoms with Crippen LogP contribution >= 0.6 is 12.4 Å². The number of anilines is 1. The lowest BCUT2D eigenvalue weighted by atomic mass is 9.98. The van der Waals surface area contributed by atoms with Crippen molar-refractivity contribution in [3.05, 3.63) is 30.1 Å². The summed E-state index contributed by atoms with van der Waals surface area (Å²) in [5.41, 5.74) is 8.27. The predicted molar refractivity (Wildman–Crippen MR) is 97.4 cm³/mol. The van der Waals surface area contributed by atoms with Crippen molar-refractivity contribution in [3.63, 3.8) is 0 Å². The van der Waals surface area contributed by atoms with Crippen LogP contribution in [0.1, 0.15) is 50.8 Å². The number of piperidine rings is 1. The van der Waals surface area contributed by atoms with E-state index < -0.39 is 5.54 Å². The molecule has 2 aromatic rings. The molecule has 1 aromatic carbocycles. The van der Waals surface area contributed by atoms with E-state index in [2.05, 4.69) is 33.2 Å². The van der Waals surface area contributed by atoms with Gasteiger partial charge in [-0.3, -0.25) is 0 Å². The molecule has 0 spiro atoms. The van der Waals surface area contributed by atoms with Crippen molar-refractivity contribution in [3.8, 4) is 11.5 Å². The minimum atomic E-state index is -0.401. The third kappa shape index (κ3) is 3.15. The first-order valence-corrected chi connectivity index (χ1v) is 8.74. The van der Waals surface area contributed by atoms with Gasteiger partial charge in [0, 0.05) is 18.8 Å². The fourth-order valence-electron chi connectivity index (χ4n) is 3.83. The molecule has 4 rings (SSSR count). The molecule has 2 heterocycles. The second-order valence-corrected chi connectivity index (χ2v) is 6.85. The van der Waals surface area contributed by atoms with Gasteiger partial charge < -0.3 is 15.2 Å². The van der Waals surface area contributed by atoms with Gasteiger partial charge in [-0.15, -0.1) is 12.4 Å². The summed E-state index contributed by atoms with van der Waals surface area (Å²) in [5.74, 6) is 1.26. The average Bonchev–Trinajstić information content (AvgIpc) is 3.26. The van der Waals surface area contributed by atoms with E-state index in [1.54, 1.807) is 0 Å². The third-order valence-electron chi connectivity index (χ3n) is 5.20. The molecule has 5 nitrogen and oxygen atoms in total. The zero-order chi connectivity index (χ0) is 15.7. The molecule has 2 fully saturated rings. The van der Waals surface area contributed by atoms with E-state index in [1.165, 1.54) is 24.9 Å². The van der Waals surface area contributed by atoms with Gasteiger partial charge in [0.2, 0.25) is 0 Å². The van der Waals surface area contributed by atoms with Crippen LogP contribution in [-0.2, 0) is 5.54 Å². The molecule has 1 aliphatic carbocycles. The molecule has 0 unspecified atom stereocenters. The monoisotopic (exact) mass is 348 g/mol. The van der Waals surface area contributed by atoms with Crippen molar-refractivity contribution in [2.75, 3.05) is 18.0 Å². The maximum Gasteiger partial charge on any atom is 0.260 e. The van der Waals surface area contributed by atoms with Crippen molar-refractivity contribution in [2.45, 2.75) is 50.5 Å². The third-order valence-corrected chi connectivity index (χ3v) is 5.20. The summed E-state index contributed by atoms with van der Waals surface area (Å²) in [6, 6.07) is 8.32. The van der Waals surface area contributed by atoms with Crippen LogP contribution in [0.15, 0.2) is 28.8 Å².